The van der Waals surface area contributed by atoms with E-state index in [1.807, 2.05) is 11.8 Å². The first-order valence-electron chi connectivity index (χ1n) is 9.65. The van der Waals surface area contributed by atoms with Crippen molar-refractivity contribution in [3.8, 4) is 0 Å². The van der Waals surface area contributed by atoms with Gasteiger partial charge in [0.2, 0.25) is 5.91 Å². The molecule has 10 heteroatoms. The number of methoxy groups -OCH3 is 2. The molecule has 0 saturated carbocycles. The fourth-order valence-electron chi connectivity index (χ4n) is 3.48. The van der Waals surface area contributed by atoms with Crippen molar-refractivity contribution in [3.05, 3.63) is 0 Å². The van der Waals surface area contributed by atoms with E-state index < -0.39 is 23.8 Å². The molecule has 0 bridgehead atoms. The quantitative estimate of drug-likeness (QED) is 0.537. The lowest BCUT2D eigenvalue weighted by atomic mass is 10.1. The average Bonchev–Trinajstić information content (AvgIpc) is 3.00. The zero-order chi connectivity index (χ0) is 22.2. The molecule has 1 N–H and O–H groups in total. The summed E-state index contributed by atoms with van der Waals surface area (Å²) in [6.45, 7) is 8.22. The summed E-state index contributed by atoms with van der Waals surface area (Å²) >= 11 is 0. The minimum Gasteiger partial charge on any atom is -0.471 e. The van der Waals surface area contributed by atoms with Crippen LogP contribution in [0.5, 0.6) is 0 Å². The van der Waals surface area contributed by atoms with Crippen molar-refractivity contribution in [1.29, 1.82) is 0 Å². The van der Waals surface area contributed by atoms with Crippen LogP contribution in [0, 0.1) is 0 Å². The van der Waals surface area contributed by atoms with Crippen LogP contribution < -0.4 is 5.32 Å². The summed E-state index contributed by atoms with van der Waals surface area (Å²) in [4.78, 5) is 49.4. The van der Waals surface area contributed by atoms with Crippen molar-refractivity contribution in [1.82, 2.24) is 15.1 Å². The molecule has 0 radical (unpaired) electrons. The van der Waals surface area contributed by atoms with Crippen LogP contribution in [0.4, 0.5) is 9.59 Å². The van der Waals surface area contributed by atoms with Crippen LogP contribution >= 0.6 is 0 Å². The zero-order valence-corrected chi connectivity index (χ0v) is 18.1. The van der Waals surface area contributed by atoms with Crippen molar-refractivity contribution in [2.75, 3.05) is 27.3 Å². The molecule has 2 heterocycles. The lowest BCUT2D eigenvalue weighted by molar-refractivity contribution is -0.137. The molecule has 10 nitrogen and oxygen atoms in total. The number of hydrogen-bond acceptors (Lipinski definition) is 7. The van der Waals surface area contributed by atoms with Gasteiger partial charge >= 0.3 is 12.2 Å². The van der Waals surface area contributed by atoms with E-state index in [1.165, 1.54) is 19.1 Å². The molecule has 2 aliphatic heterocycles. The number of carbonyl (C=O) groups is 4. The largest absolute Gasteiger partial charge is 0.471 e. The Morgan fingerprint density at radius 1 is 1.17 bits per heavy atom. The SMILES string of the molecule is COC(=O)N1CCC2CCC(C)N2C(=O)C(NC(=O)OC(C)(C)C)C1.COC=O. The molecule has 2 rings (SSSR count). The lowest BCUT2D eigenvalue weighted by Crippen LogP contribution is -2.59. The molecule has 0 aromatic carbocycles. The highest BCUT2D eigenvalue weighted by molar-refractivity contribution is 5.87. The van der Waals surface area contributed by atoms with Crippen molar-refractivity contribution >= 4 is 24.6 Å². The number of rotatable bonds is 2. The number of ether oxygens (including phenoxy) is 3. The second kappa shape index (κ2) is 10.9. The molecule has 0 aromatic rings. The molecular formula is C19H33N3O7. The molecule has 166 valence electrons. The number of hydrogen-bond donors (Lipinski definition) is 1. The lowest BCUT2D eigenvalue weighted by Gasteiger charge is -2.38. The number of amides is 3. The third kappa shape index (κ3) is 7.43. The minimum absolute atomic E-state index is 0.0701. The van der Waals surface area contributed by atoms with Crippen molar-refractivity contribution in [2.45, 2.75) is 70.7 Å². The molecule has 2 aliphatic rings. The second-order valence-corrected chi connectivity index (χ2v) is 8.06. The van der Waals surface area contributed by atoms with Gasteiger partial charge in [0, 0.05) is 18.6 Å². The van der Waals surface area contributed by atoms with Gasteiger partial charge in [0.1, 0.15) is 11.6 Å². The summed E-state index contributed by atoms with van der Waals surface area (Å²) in [6, 6.07) is -0.639. The van der Waals surface area contributed by atoms with E-state index in [0.717, 1.165) is 12.8 Å². The molecule has 0 spiro atoms. The highest BCUT2D eigenvalue weighted by Gasteiger charge is 2.41. The number of nitrogens with one attached hydrogen (secondary N) is 1. The van der Waals surface area contributed by atoms with E-state index in [-0.39, 0.29) is 24.5 Å². The van der Waals surface area contributed by atoms with Crippen LogP contribution in [-0.2, 0) is 23.8 Å². The van der Waals surface area contributed by atoms with Gasteiger partial charge in [0.15, 0.2) is 0 Å². The molecule has 2 saturated heterocycles. The highest BCUT2D eigenvalue weighted by Crippen LogP contribution is 2.28. The highest BCUT2D eigenvalue weighted by atomic mass is 16.6. The van der Waals surface area contributed by atoms with Gasteiger partial charge in [-0.15, -0.1) is 0 Å². The van der Waals surface area contributed by atoms with Gasteiger partial charge < -0.3 is 29.3 Å². The fraction of sp³-hybridized carbons (Fsp3) is 0.789. The second-order valence-electron chi connectivity index (χ2n) is 8.06. The predicted octanol–water partition coefficient (Wildman–Crippen LogP) is 1.52. The van der Waals surface area contributed by atoms with Crippen LogP contribution in [0.2, 0.25) is 0 Å². The summed E-state index contributed by atoms with van der Waals surface area (Å²) in [5.74, 6) is -0.172. The average molecular weight is 415 g/mol. The van der Waals surface area contributed by atoms with Crippen LogP contribution in [0.3, 0.4) is 0 Å². The molecule has 3 atom stereocenters. The van der Waals surface area contributed by atoms with Crippen LogP contribution in [0.25, 0.3) is 0 Å². The van der Waals surface area contributed by atoms with E-state index in [4.69, 9.17) is 14.3 Å². The van der Waals surface area contributed by atoms with Crippen LogP contribution in [0.15, 0.2) is 0 Å². The van der Waals surface area contributed by atoms with Gasteiger partial charge in [-0.05, 0) is 47.0 Å². The predicted molar refractivity (Wildman–Crippen MR) is 104 cm³/mol. The third-order valence-electron chi connectivity index (χ3n) is 4.69. The van der Waals surface area contributed by atoms with E-state index in [9.17, 15) is 14.4 Å². The standard InChI is InChI=1S/C17H29N3O5.C2H4O2/c1-11-6-7-12-8-9-19(16(23)24-5)10-13(14(21)20(11)12)18-15(22)25-17(2,3)4;1-4-2-3/h11-13H,6-10H2,1-5H3,(H,18,22);2H,1H3. The smallest absolute Gasteiger partial charge is 0.409 e. The first kappa shape index (κ1) is 24.5. The number of carbonyl (C=O) groups excluding carboxylic acids is 4. The van der Waals surface area contributed by atoms with Crippen molar-refractivity contribution in [3.63, 3.8) is 0 Å². The Hall–Kier alpha value is -2.52. The molecule has 3 amide bonds. The van der Waals surface area contributed by atoms with Gasteiger partial charge in [-0.25, -0.2) is 9.59 Å². The zero-order valence-electron chi connectivity index (χ0n) is 18.1. The Bertz CT molecular complexity index is 591. The monoisotopic (exact) mass is 415 g/mol. The summed E-state index contributed by atoms with van der Waals surface area (Å²) in [5.41, 5.74) is -0.666. The molecule has 2 fully saturated rings. The molecule has 0 aromatic heterocycles. The maximum absolute atomic E-state index is 13.0. The van der Waals surface area contributed by atoms with E-state index >= 15 is 0 Å². The van der Waals surface area contributed by atoms with Gasteiger partial charge in [0.05, 0.1) is 20.8 Å². The van der Waals surface area contributed by atoms with Crippen LogP contribution in [0.1, 0.15) is 47.0 Å². The molecular weight excluding hydrogens is 382 g/mol. The van der Waals surface area contributed by atoms with Crippen molar-refractivity contribution in [2.24, 2.45) is 0 Å². The summed E-state index contributed by atoms with van der Waals surface area (Å²) in [6.07, 6.45) is 1.38. The number of fused-ring (bicyclic) bond motifs is 1. The third-order valence-corrected chi connectivity index (χ3v) is 4.69. The summed E-state index contributed by atoms with van der Waals surface area (Å²) < 4.78 is 13.9. The normalized spacial score (nSPS) is 24.2. The van der Waals surface area contributed by atoms with Gasteiger partial charge in [-0.3, -0.25) is 9.59 Å². The van der Waals surface area contributed by atoms with Gasteiger partial charge in [0.25, 0.3) is 6.47 Å². The van der Waals surface area contributed by atoms with Crippen LogP contribution in [-0.4, -0.2) is 85.4 Å². The maximum atomic E-state index is 13.0. The Morgan fingerprint density at radius 2 is 1.79 bits per heavy atom. The first-order chi connectivity index (χ1) is 13.5. The number of alkyl carbamates (subject to hydrolysis) is 1. The Kier molecular flexibility index (Phi) is 9.19. The van der Waals surface area contributed by atoms with Crippen molar-refractivity contribution < 1.29 is 33.4 Å². The Balaban J connectivity index is 0.000000960. The number of nitrogens with zero attached hydrogens (tertiary/aromatic N) is 2. The van der Waals surface area contributed by atoms with E-state index in [1.54, 1.807) is 20.8 Å². The Morgan fingerprint density at radius 3 is 2.31 bits per heavy atom. The minimum atomic E-state index is -0.850. The molecule has 0 aliphatic carbocycles. The Labute approximate surface area is 171 Å². The summed E-state index contributed by atoms with van der Waals surface area (Å²) in [5, 5.41) is 2.63. The van der Waals surface area contributed by atoms with Gasteiger partial charge in [-0.1, -0.05) is 0 Å². The molecule has 3 unspecified atom stereocenters. The van der Waals surface area contributed by atoms with E-state index in [0.29, 0.717) is 19.4 Å². The fourth-order valence-corrected chi connectivity index (χ4v) is 3.48. The first-order valence-corrected chi connectivity index (χ1v) is 9.65. The van der Waals surface area contributed by atoms with E-state index in [2.05, 4.69) is 10.1 Å². The molecule has 29 heavy (non-hydrogen) atoms. The summed E-state index contributed by atoms with van der Waals surface area (Å²) in [7, 11) is 2.62. The maximum Gasteiger partial charge on any atom is 0.409 e. The topological polar surface area (TPSA) is 114 Å². The van der Waals surface area contributed by atoms with Gasteiger partial charge in [-0.2, -0.15) is 0 Å².